The molecule has 0 fully saturated rings. The molecule has 0 unspecified atom stereocenters. The third-order valence-corrected chi connectivity index (χ3v) is 4.01. The van der Waals surface area contributed by atoms with E-state index in [0.717, 1.165) is 9.87 Å². The van der Waals surface area contributed by atoms with Gasteiger partial charge in [0.15, 0.2) is 0 Å². The molecule has 9 heteroatoms. The Labute approximate surface area is 112 Å². The maximum Gasteiger partial charge on any atom is 0.304 e. The Balaban J connectivity index is 2.39. The molecule has 0 saturated carbocycles. The summed E-state index contributed by atoms with van der Waals surface area (Å²) in [6, 6.07) is 0. The van der Waals surface area contributed by atoms with Gasteiger partial charge in [-0.2, -0.15) is 17.8 Å². The predicted molar refractivity (Wildman–Crippen MR) is 68.8 cm³/mol. The predicted octanol–water partition coefficient (Wildman–Crippen LogP) is -0.568. The molecule has 108 valence electrons. The average molecular weight is 290 g/mol. The first-order chi connectivity index (χ1) is 8.81. The first-order valence-electron chi connectivity index (χ1n) is 5.73. The Morgan fingerprint density at radius 1 is 1.58 bits per heavy atom. The highest BCUT2D eigenvalue weighted by Gasteiger charge is 2.17. The second-order valence-corrected chi connectivity index (χ2v) is 6.01. The van der Waals surface area contributed by atoms with Gasteiger partial charge in [-0.25, -0.2) is 4.72 Å². The molecule has 0 amide bonds. The highest BCUT2D eigenvalue weighted by atomic mass is 32.2. The van der Waals surface area contributed by atoms with Gasteiger partial charge in [-0.1, -0.05) is 0 Å². The number of nitrogens with zero attached hydrogens (tertiary/aromatic N) is 3. The van der Waals surface area contributed by atoms with Crippen LogP contribution in [-0.4, -0.2) is 53.7 Å². The summed E-state index contributed by atoms with van der Waals surface area (Å²) in [7, 11) is -2.30. The van der Waals surface area contributed by atoms with E-state index in [2.05, 4.69) is 9.82 Å². The van der Waals surface area contributed by atoms with Crippen molar-refractivity contribution in [3.63, 3.8) is 0 Å². The maximum absolute atomic E-state index is 11.7. The van der Waals surface area contributed by atoms with Gasteiger partial charge in [-0.3, -0.25) is 9.48 Å². The number of rotatable bonds is 8. The molecule has 19 heavy (non-hydrogen) atoms. The molecule has 0 aliphatic rings. The number of aromatic nitrogens is 2. The number of hydrogen-bond donors (Lipinski definition) is 2. The second kappa shape index (κ2) is 6.64. The van der Waals surface area contributed by atoms with Crippen LogP contribution in [0, 0.1) is 6.92 Å². The molecule has 0 aliphatic heterocycles. The molecule has 2 N–H and O–H groups in total. The van der Waals surface area contributed by atoms with Crippen LogP contribution in [0.2, 0.25) is 0 Å². The molecule has 0 aliphatic carbocycles. The Hall–Kier alpha value is -1.45. The van der Waals surface area contributed by atoms with Crippen LogP contribution in [0.3, 0.4) is 0 Å². The van der Waals surface area contributed by atoms with Crippen LogP contribution >= 0.6 is 0 Å². The molecule has 1 heterocycles. The lowest BCUT2D eigenvalue weighted by molar-refractivity contribution is -0.137. The molecular formula is C10H18N4O4S. The van der Waals surface area contributed by atoms with Gasteiger partial charge in [-0.05, 0) is 12.5 Å². The Bertz CT molecular complexity index is 525. The SMILES string of the molecule is Cc1cnn(CCNS(=O)(=O)N(C)CCC(=O)O)c1. The van der Waals surface area contributed by atoms with Crippen LogP contribution in [0.25, 0.3) is 0 Å². The van der Waals surface area contributed by atoms with Gasteiger partial charge in [0.2, 0.25) is 0 Å². The molecule has 0 aromatic carbocycles. The van der Waals surface area contributed by atoms with E-state index < -0.39 is 16.2 Å². The van der Waals surface area contributed by atoms with Gasteiger partial charge >= 0.3 is 5.97 Å². The van der Waals surface area contributed by atoms with Crippen molar-refractivity contribution in [2.75, 3.05) is 20.1 Å². The lowest BCUT2D eigenvalue weighted by Gasteiger charge is -2.16. The first-order valence-corrected chi connectivity index (χ1v) is 7.17. The summed E-state index contributed by atoms with van der Waals surface area (Å²) >= 11 is 0. The molecule has 1 aromatic heterocycles. The third-order valence-electron chi connectivity index (χ3n) is 2.44. The second-order valence-electron chi connectivity index (χ2n) is 4.15. The van der Waals surface area contributed by atoms with E-state index in [0.29, 0.717) is 6.54 Å². The number of aliphatic carboxylic acids is 1. The number of carboxylic acids is 1. The van der Waals surface area contributed by atoms with E-state index in [1.54, 1.807) is 10.9 Å². The zero-order chi connectivity index (χ0) is 14.5. The van der Waals surface area contributed by atoms with E-state index >= 15 is 0 Å². The summed E-state index contributed by atoms with van der Waals surface area (Å²) in [5.41, 5.74) is 1.00. The third kappa shape index (κ3) is 5.37. The minimum absolute atomic E-state index is 0.0639. The van der Waals surface area contributed by atoms with Crippen LogP contribution in [0.4, 0.5) is 0 Å². The van der Waals surface area contributed by atoms with Crippen LogP contribution in [0.15, 0.2) is 12.4 Å². The zero-order valence-electron chi connectivity index (χ0n) is 10.9. The average Bonchev–Trinajstić information content (AvgIpc) is 2.71. The lowest BCUT2D eigenvalue weighted by Crippen LogP contribution is -2.40. The molecule has 0 atom stereocenters. The standard InChI is InChI=1S/C10H18N4O4S/c1-9-7-11-14(8-9)6-4-12-19(17,18)13(2)5-3-10(15)16/h7-8,12H,3-6H2,1-2H3,(H,15,16). The monoisotopic (exact) mass is 290 g/mol. The number of hydrogen-bond acceptors (Lipinski definition) is 4. The van der Waals surface area contributed by atoms with Crippen molar-refractivity contribution in [1.82, 2.24) is 18.8 Å². The summed E-state index contributed by atoms with van der Waals surface area (Å²) in [6.45, 7) is 2.44. The Morgan fingerprint density at radius 3 is 2.79 bits per heavy atom. The lowest BCUT2D eigenvalue weighted by atomic mass is 10.4. The topological polar surface area (TPSA) is 105 Å². The van der Waals surface area contributed by atoms with Crippen molar-refractivity contribution in [3.05, 3.63) is 18.0 Å². The van der Waals surface area contributed by atoms with Gasteiger partial charge in [-0.15, -0.1) is 0 Å². The quantitative estimate of drug-likeness (QED) is 0.667. The van der Waals surface area contributed by atoms with Crippen molar-refractivity contribution in [1.29, 1.82) is 0 Å². The summed E-state index contributed by atoms with van der Waals surface area (Å²) in [6.07, 6.45) is 3.27. The molecule has 0 bridgehead atoms. The first kappa shape index (κ1) is 15.6. The summed E-state index contributed by atoms with van der Waals surface area (Å²) < 4.78 is 28.5. The van der Waals surface area contributed by atoms with Crippen molar-refractivity contribution in [3.8, 4) is 0 Å². The van der Waals surface area contributed by atoms with Crippen LogP contribution in [-0.2, 0) is 21.5 Å². The van der Waals surface area contributed by atoms with Crippen molar-refractivity contribution < 1.29 is 18.3 Å². The van der Waals surface area contributed by atoms with Crippen LogP contribution < -0.4 is 4.72 Å². The van der Waals surface area contributed by atoms with Gasteiger partial charge in [0.1, 0.15) is 0 Å². The van der Waals surface area contributed by atoms with Gasteiger partial charge < -0.3 is 5.11 Å². The van der Waals surface area contributed by atoms with E-state index in [4.69, 9.17) is 5.11 Å². The van der Waals surface area contributed by atoms with E-state index in [1.165, 1.54) is 7.05 Å². The molecule has 1 rings (SSSR count). The normalized spacial score (nSPS) is 11.9. The summed E-state index contributed by atoms with van der Waals surface area (Å²) in [5, 5.41) is 12.5. The van der Waals surface area contributed by atoms with E-state index in [1.807, 2.05) is 13.1 Å². The zero-order valence-corrected chi connectivity index (χ0v) is 11.7. The van der Waals surface area contributed by atoms with Crippen LogP contribution in [0.5, 0.6) is 0 Å². The smallest absolute Gasteiger partial charge is 0.304 e. The van der Waals surface area contributed by atoms with E-state index in [9.17, 15) is 13.2 Å². The highest BCUT2D eigenvalue weighted by molar-refractivity contribution is 7.87. The maximum atomic E-state index is 11.7. The molecule has 0 radical (unpaired) electrons. The minimum Gasteiger partial charge on any atom is -0.481 e. The number of nitrogens with one attached hydrogen (secondary N) is 1. The Kier molecular flexibility index (Phi) is 5.45. The molecule has 1 aromatic rings. The number of aryl methyl sites for hydroxylation is 1. The fourth-order valence-corrected chi connectivity index (χ4v) is 2.26. The molecule has 0 spiro atoms. The number of carboxylic acid groups (broad SMARTS) is 1. The largest absolute Gasteiger partial charge is 0.481 e. The summed E-state index contributed by atoms with van der Waals surface area (Å²) in [5.74, 6) is -1.03. The fourth-order valence-electron chi connectivity index (χ4n) is 1.36. The van der Waals surface area contributed by atoms with Gasteiger partial charge in [0, 0.05) is 26.3 Å². The van der Waals surface area contributed by atoms with Crippen LogP contribution in [0.1, 0.15) is 12.0 Å². The minimum atomic E-state index is -3.64. The van der Waals surface area contributed by atoms with Crippen molar-refractivity contribution in [2.45, 2.75) is 19.9 Å². The van der Waals surface area contributed by atoms with Gasteiger partial charge in [0.25, 0.3) is 10.2 Å². The fraction of sp³-hybridized carbons (Fsp3) is 0.600. The van der Waals surface area contributed by atoms with Crippen molar-refractivity contribution in [2.24, 2.45) is 0 Å². The van der Waals surface area contributed by atoms with E-state index in [-0.39, 0.29) is 19.5 Å². The summed E-state index contributed by atoms with van der Waals surface area (Å²) in [4.78, 5) is 10.4. The number of carbonyl (C=O) groups is 1. The molecule has 8 nitrogen and oxygen atoms in total. The Morgan fingerprint density at radius 2 is 2.26 bits per heavy atom. The molecular weight excluding hydrogens is 272 g/mol. The highest BCUT2D eigenvalue weighted by Crippen LogP contribution is 1.97. The molecule has 0 saturated heterocycles. The van der Waals surface area contributed by atoms with Crippen molar-refractivity contribution >= 4 is 16.2 Å². The van der Waals surface area contributed by atoms with Gasteiger partial charge in [0.05, 0.1) is 19.2 Å².